The molecule has 16 heavy (non-hydrogen) atoms. The van der Waals surface area contributed by atoms with Crippen LogP contribution in [0.5, 0.6) is 0 Å². The molecule has 0 radical (unpaired) electrons. The predicted molar refractivity (Wildman–Crippen MR) is 60.5 cm³/mol. The summed E-state index contributed by atoms with van der Waals surface area (Å²) in [6.45, 7) is 5.66. The van der Waals surface area contributed by atoms with Crippen molar-refractivity contribution in [3.8, 4) is 0 Å². The topological polar surface area (TPSA) is 76.1 Å². The zero-order valence-electron chi connectivity index (χ0n) is 10.0. The molecule has 0 atom stereocenters. The van der Waals surface area contributed by atoms with Crippen molar-refractivity contribution in [3.05, 3.63) is 0 Å². The van der Waals surface area contributed by atoms with E-state index in [9.17, 15) is 9.36 Å². The highest BCUT2D eigenvalue weighted by Gasteiger charge is 2.36. The van der Waals surface area contributed by atoms with E-state index in [0.717, 1.165) is 11.1 Å². The molecule has 6 nitrogen and oxygen atoms in total. The molecule has 0 aliphatic carbocycles. The van der Waals surface area contributed by atoms with E-state index in [-0.39, 0.29) is 19.8 Å². The highest BCUT2D eigenvalue weighted by molar-refractivity contribution is 7.52. The maximum atomic E-state index is 12.2. The first-order valence-corrected chi connectivity index (χ1v) is 6.91. The highest BCUT2D eigenvalue weighted by atomic mass is 31.2. The number of amides is 1. The summed E-state index contributed by atoms with van der Waals surface area (Å²) in [5, 5.41) is 8.98. The smallest absolute Gasteiger partial charge is 0.440 e. The second-order valence-corrected chi connectivity index (χ2v) is 5.00. The van der Waals surface area contributed by atoms with Crippen molar-refractivity contribution in [2.75, 3.05) is 19.8 Å². The van der Waals surface area contributed by atoms with Gasteiger partial charge in [0.05, 0.1) is 13.2 Å². The number of hydrogen-bond donors (Lipinski definition) is 1. The highest BCUT2D eigenvalue weighted by Crippen LogP contribution is 2.51. The number of unbranched alkanes of at least 4 members (excludes halogenated alkanes) is 1. The molecule has 0 bridgehead atoms. The molecule has 0 fully saturated rings. The SMILES string of the molecule is CCCCN(C(=O)O)P(=O)(OCC)OCC. The van der Waals surface area contributed by atoms with Gasteiger partial charge < -0.3 is 5.11 Å². The maximum Gasteiger partial charge on any atom is 0.440 e. The van der Waals surface area contributed by atoms with Crippen LogP contribution in [-0.2, 0) is 13.6 Å². The molecule has 0 rings (SSSR count). The number of rotatable bonds is 8. The third kappa shape index (κ3) is 4.51. The lowest BCUT2D eigenvalue weighted by molar-refractivity contribution is 0.136. The molecule has 0 aliphatic rings. The second kappa shape index (κ2) is 7.65. The number of carbonyl (C=O) groups is 1. The van der Waals surface area contributed by atoms with Crippen molar-refractivity contribution in [2.45, 2.75) is 33.6 Å². The summed E-state index contributed by atoms with van der Waals surface area (Å²) >= 11 is 0. The Morgan fingerprint density at radius 1 is 1.25 bits per heavy atom. The van der Waals surface area contributed by atoms with Crippen LogP contribution in [0.2, 0.25) is 0 Å². The lowest BCUT2D eigenvalue weighted by Gasteiger charge is -2.27. The molecule has 7 heteroatoms. The number of nitrogens with zero attached hydrogens (tertiary/aromatic N) is 1. The summed E-state index contributed by atoms with van der Waals surface area (Å²) in [7, 11) is -3.68. The Morgan fingerprint density at radius 2 is 1.75 bits per heavy atom. The van der Waals surface area contributed by atoms with Crippen LogP contribution in [0.3, 0.4) is 0 Å². The Balaban J connectivity index is 4.78. The Morgan fingerprint density at radius 3 is 2.06 bits per heavy atom. The Labute approximate surface area is 96.1 Å². The van der Waals surface area contributed by atoms with Gasteiger partial charge in [-0.1, -0.05) is 13.3 Å². The summed E-state index contributed by atoms with van der Waals surface area (Å²) in [5.74, 6) is 0. The van der Waals surface area contributed by atoms with E-state index in [1.165, 1.54) is 0 Å². The number of carboxylic acid groups (broad SMARTS) is 1. The molecule has 96 valence electrons. The van der Waals surface area contributed by atoms with Gasteiger partial charge in [-0.2, -0.15) is 0 Å². The molecule has 0 spiro atoms. The van der Waals surface area contributed by atoms with Gasteiger partial charge in [0.1, 0.15) is 0 Å². The van der Waals surface area contributed by atoms with E-state index in [1.807, 2.05) is 6.92 Å². The van der Waals surface area contributed by atoms with E-state index >= 15 is 0 Å². The van der Waals surface area contributed by atoms with Crippen LogP contribution in [0.25, 0.3) is 0 Å². The van der Waals surface area contributed by atoms with Gasteiger partial charge in [-0.25, -0.2) is 14.0 Å². The van der Waals surface area contributed by atoms with E-state index in [1.54, 1.807) is 13.8 Å². The van der Waals surface area contributed by atoms with Crippen LogP contribution in [0.15, 0.2) is 0 Å². The molecule has 0 saturated heterocycles. The molecule has 0 saturated carbocycles. The average molecular weight is 253 g/mol. The molecule has 0 aromatic carbocycles. The standard InChI is InChI=1S/C9H20NO5P/c1-4-7-8-10(9(11)12)16(13,14-5-2)15-6-3/h4-8H2,1-3H3,(H,11,12). The summed E-state index contributed by atoms with van der Waals surface area (Å²) in [6, 6.07) is 0. The average Bonchev–Trinajstić information content (AvgIpc) is 2.18. The predicted octanol–water partition coefficient (Wildman–Crippen LogP) is 2.95. The van der Waals surface area contributed by atoms with Gasteiger partial charge >= 0.3 is 13.8 Å². The Hall–Kier alpha value is -0.580. The monoisotopic (exact) mass is 253 g/mol. The van der Waals surface area contributed by atoms with Gasteiger partial charge in [-0.15, -0.1) is 0 Å². The van der Waals surface area contributed by atoms with E-state index < -0.39 is 13.8 Å². The van der Waals surface area contributed by atoms with Crippen molar-refractivity contribution < 1.29 is 23.5 Å². The molecule has 0 unspecified atom stereocenters. The summed E-state index contributed by atoms with van der Waals surface area (Å²) < 4.78 is 22.9. The molecule has 0 aromatic heterocycles. The first-order chi connectivity index (χ1) is 7.51. The van der Waals surface area contributed by atoms with Gasteiger partial charge in [0, 0.05) is 6.54 Å². The third-order valence-corrected chi connectivity index (χ3v) is 3.96. The van der Waals surface area contributed by atoms with Crippen LogP contribution in [0, 0.1) is 0 Å². The maximum absolute atomic E-state index is 12.2. The zero-order chi connectivity index (χ0) is 12.6. The summed E-state index contributed by atoms with van der Waals surface area (Å²) in [5.41, 5.74) is 0. The minimum absolute atomic E-state index is 0.146. The minimum atomic E-state index is -3.68. The van der Waals surface area contributed by atoms with Gasteiger partial charge in [0.25, 0.3) is 0 Å². The van der Waals surface area contributed by atoms with Crippen LogP contribution >= 0.6 is 7.75 Å². The molecule has 0 heterocycles. The van der Waals surface area contributed by atoms with Crippen LogP contribution in [0.1, 0.15) is 33.6 Å². The molecule has 0 aromatic rings. The Bertz CT molecular complexity index is 248. The van der Waals surface area contributed by atoms with Crippen molar-refractivity contribution in [3.63, 3.8) is 0 Å². The lowest BCUT2D eigenvalue weighted by Crippen LogP contribution is -2.29. The molecule has 1 N–H and O–H groups in total. The van der Waals surface area contributed by atoms with Crippen LogP contribution in [-0.4, -0.2) is 35.6 Å². The largest absolute Gasteiger partial charge is 0.465 e. The molecular formula is C9H20NO5P. The van der Waals surface area contributed by atoms with Crippen molar-refractivity contribution in [2.24, 2.45) is 0 Å². The second-order valence-electron chi connectivity index (χ2n) is 3.06. The van der Waals surface area contributed by atoms with Crippen molar-refractivity contribution in [1.82, 2.24) is 4.67 Å². The van der Waals surface area contributed by atoms with Gasteiger partial charge in [0.15, 0.2) is 0 Å². The zero-order valence-corrected chi connectivity index (χ0v) is 10.9. The van der Waals surface area contributed by atoms with E-state index in [2.05, 4.69) is 0 Å². The number of hydrogen-bond acceptors (Lipinski definition) is 4. The van der Waals surface area contributed by atoms with Gasteiger partial charge in [0.2, 0.25) is 0 Å². The fraction of sp³-hybridized carbons (Fsp3) is 0.889. The van der Waals surface area contributed by atoms with E-state index in [0.29, 0.717) is 6.42 Å². The van der Waals surface area contributed by atoms with Gasteiger partial charge in [-0.05, 0) is 20.3 Å². The quantitative estimate of drug-likeness (QED) is 0.673. The van der Waals surface area contributed by atoms with Gasteiger partial charge in [-0.3, -0.25) is 9.05 Å². The first kappa shape index (κ1) is 15.4. The Kier molecular flexibility index (Phi) is 7.38. The third-order valence-electron chi connectivity index (χ3n) is 1.82. The fourth-order valence-corrected chi connectivity index (χ4v) is 2.74. The van der Waals surface area contributed by atoms with Crippen molar-refractivity contribution >= 4 is 13.8 Å². The lowest BCUT2D eigenvalue weighted by atomic mass is 10.3. The minimum Gasteiger partial charge on any atom is -0.465 e. The first-order valence-electron chi connectivity index (χ1n) is 5.41. The van der Waals surface area contributed by atoms with Crippen molar-refractivity contribution in [1.29, 1.82) is 0 Å². The molecular weight excluding hydrogens is 233 g/mol. The summed E-state index contributed by atoms with van der Waals surface area (Å²) in [4.78, 5) is 11.0. The van der Waals surface area contributed by atoms with Crippen LogP contribution < -0.4 is 0 Å². The normalized spacial score (nSPS) is 11.4. The fourth-order valence-electron chi connectivity index (χ4n) is 1.13. The molecule has 1 amide bonds. The van der Waals surface area contributed by atoms with Crippen LogP contribution in [0.4, 0.5) is 4.79 Å². The summed E-state index contributed by atoms with van der Waals surface area (Å²) in [6.07, 6.45) is 0.150. The van der Waals surface area contributed by atoms with E-state index in [4.69, 9.17) is 14.2 Å². The molecule has 0 aliphatic heterocycles.